The normalized spacial score (nSPS) is 22.3. The molecule has 2 heterocycles. The van der Waals surface area contributed by atoms with Crippen LogP contribution in [-0.2, 0) is 6.54 Å². The van der Waals surface area contributed by atoms with E-state index in [1.807, 2.05) is 6.92 Å². The van der Waals surface area contributed by atoms with Gasteiger partial charge in [0.1, 0.15) is 11.0 Å². The zero-order valence-electron chi connectivity index (χ0n) is 9.49. The number of halogens is 1. The lowest BCUT2D eigenvalue weighted by Gasteiger charge is -2.29. The van der Waals surface area contributed by atoms with Gasteiger partial charge in [-0.1, -0.05) is 11.6 Å². The lowest BCUT2D eigenvalue weighted by Crippen LogP contribution is -2.42. The highest BCUT2D eigenvalue weighted by atomic mass is 35.5. The van der Waals surface area contributed by atoms with Gasteiger partial charge < -0.3 is 5.73 Å². The topological polar surface area (TPSA) is 55.0 Å². The van der Waals surface area contributed by atoms with Gasteiger partial charge in [0.25, 0.3) is 0 Å². The van der Waals surface area contributed by atoms with E-state index < -0.39 is 0 Å². The van der Waals surface area contributed by atoms with Crippen LogP contribution in [0.4, 0.5) is 0 Å². The Labute approximate surface area is 101 Å². The number of piperidine rings is 1. The first kappa shape index (κ1) is 11.8. The van der Waals surface area contributed by atoms with Gasteiger partial charge in [-0.15, -0.1) is 0 Å². The van der Waals surface area contributed by atoms with Crippen LogP contribution in [0.5, 0.6) is 0 Å². The third kappa shape index (κ3) is 3.14. The second kappa shape index (κ2) is 5.08. The van der Waals surface area contributed by atoms with Crippen LogP contribution < -0.4 is 5.73 Å². The zero-order valence-corrected chi connectivity index (χ0v) is 10.2. The van der Waals surface area contributed by atoms with Crippen molar-refractivity contribution in [1.82, 2.24) is 14.9 Å². The van der Waals surface area contributed by atoms with E-state index in [-0.39, 0.29) is 6.04 Å². The molecule has 0 spiro atoms. The molecule has 1 aliphatic rings. The van der Waals surface area contributed by atoms with E-state index >= 15 is 0 Å². The van der Waals surface area contributed by atoms with E-state index in [9.17, 15) is 0 Å². The second-order valence-electron chi connectivity index (χ2n) is 4.39. The highest BCUT2D eigenvalue weighted by Gasteiger charge is 2.17. The first-order chi connectivity index (χ1) is 7.63. The summed E-state index contributed by atoms with van der Waals surface area (Å²) < 4.78 is 0. The van der Waals surface area contributed by atoms with Crippen LogP contribution in [0.2, 0.25) is 5.15 Å². The summed E-state index contributed by atoms with van der Waals surface area (Å²) in [4.78, 5) is 10.9. The lowest BCUT2D eigenvalue weighted by atomic mass is 10.1. The summed E-state index contributed by atoms with van der Waals surface area (Å²) in [5, 5.41) is 0.517. The van der Waals surface area contributed by atoms with E-state index in [0.29, 0.717) is 5.15 Å². The molecule has 0 amide bonds. The van der Waals surface area contributed by atoms with Crippen molar-refractivity contribution in [2.45, 2.75) is 32.4 Å². The maximum atomic E-state index is 5.93. The van der Waals surface area contributed by atoms with Gasteiger partial charge in [0, 0.05) is 18.3 Å². The standard InChI is InChI=1S/C11H17ClN4/c1-8-5-10(12)15-11(14-8)7-16-4-2-3-9(13)6-16/h5,9H,2-4,6-7,13H2,1H3. The number of rotatable bonds is 2. The van der Waals surface area contributed by atoms with Crippen LogP contribution in [-0.4, -0.2) is 34.0 Å². The zero-order chi connectivity index (χ0) is 11.5. The number of nitrogens with two attached hydrogens (primary N) is 1. The molecule has 0 aromatic carbocycles. The highest BCUT2D eigenvalue weighted by molar-refractivity contribution is 6.29. The van der Waals surface area contributed by atoms with Crippen LogP contribution in [0, 0.1) is 6.92 Å². The summed E-state index contributed by atoms with van der Waals surface area (Å²) in [6.07, 6.45) is 2.27. The Balaban J connectivity index is 2.02. The molecule has 2 rings (SSSR count). The van der Waals surface area contributed by atoms with E-state index in [0.717, 1.165) is 44.0 Å². The van der Waals surface area contributed by atoms with Gasteiger partial charge in [0.15, 0.2) is 0 Å². The third-order valence-electron chi connectivity index (χ3n) is 2.78. The summed E-state index contributed by atoms with van der Waals surface area (Å²) in [6.45, 7) is 4.67. The molecule has 2 N–H and O–H groups in total. The molecule has 1 fully saturated rings. The Bertz CT molecular complexity index is 349. The molecule has 1 atom stereocenters. The smallest absolute Gasteiger partial charge is 0.144 e. The summed E-state index contributed by atoms with van der Waals surface area (Å²) in [5.74, 6) is 0.791. The van der Waals surface area contributed by atoms with Crippen molar-refractivity contribution in [1.29, 1.82) is 0 Å². The first-order valence-electron chi connectivity index (χ1n) is 5.61. The van der Waals surface area contributed by atoms with Gasteiger partial charge in [-0.05, 0) is 32.4 Å². The van der Waals surface area contributed by atoms with Crippen LogP contribution in [0.3, 0.4) is 0 Å². The van der Waals surface area contributed by atoms with Crippen molar-refractivity contribution in [2.75, 3.05) is 13.1 Å². The summed E-state index contributed by atoms with van der Waals surface area (Å²) >= 11 is 5.90. The minimum Gasteiger partial charge on any atom is -0.327 e. The Morgan fingerprint density at radius 2 is 2.38 bits per heavy atom. The first-order valence-corrected chi connectivity index (χ1v) is 5.99. The molecule has 1 unspecified atom stereocenters. The van der Waals surface area contributed by atoms with Crippen LogP contribution in [0.25, 0.3) is 0 Å². The number of hydrogen-bond donors (Lipinski definition) is 1. The fourth-order valence-electron chi connectivity index (χ4n) is 2.09. The number of aromatic nitrogens is 2. The van der Waals surface area contributed by atoms with Crippen LogP contribution in [0.15, 0.2) is 6.07 Å². The van der Waals surface area contributed by atoms with Crippen molar-refractivity contribution < 1.29 is 0 Å². The number of likely N-dealkylation sites (tertiary alicyclic amines) is 1. The molecule has 0 aliphatic carbocycles. The quantitative estimate of drug-likeness (QED) is 0.794. The average Bonchev–Trinajstić information content (AvgIpc) is 2.15. The third-order valence-corrected chi connectivity index (χ3v) is 2.97. The molecule has 0 radical (unpaired) electrons. The van der Waals surface area contributed by atoms with Gasteiger partial charge >= 0.3 is 0 Å². The van der Waals surface area contributed by atoms with Crippen LogP contribution in [0.1, 0.15) is 24.4 Å². The number of aryl methyl sites for hydroxylation is 1. The Morgan fingerprint density at radius 1 is 1.56 bits per heavy atom. The van der Waals surface area contributed by atoms with Gasteiger partial charge in [-0.3, -0.25) is 4.90 Å². The Morgan fingerprint density at radius 3 is 3.06 bits per heavy atom. The molecule has 0 saturated carbocycles. The summed E-state index contributed by atoms with van der Waals surface area (Å²) in [7, 11) is 0. The average molecular weight is 241 g/mol. The molecule has 88 valence electrons. The van der Waals surface area contributed by atoms with Gasteiger partial charge in [0.05, 0.1) is 6.54 Å². The molecular weight excluding hydrogens is 224 g/mol. The minimum atomic E-state index is 0.286. The fraction of sp³-hybridized carbons (Fsp3) is 0.636. The SMILES string of the molecule is Cc1cc(Cl)nc(CN2CCCC(N)C2)n1. The molecule has 16 heavy (non-hydrogen) atoms. The number of hydrogen-bond acceptors (Lipinski definition) is 4. The second-order valence-corrected chi connectivity index (χ2v) is 4.77. The van der Waals surface area contributed by atoms with E-state index in [2.05, 4.69) is 14.9 Å². The molecule has 1 saturated heterocycles. The summed E-state index contributed by atoms with van der Waals surface area (Å²) in [6, 6.07) is 2.06. The molecule has 1 aromatic heterocycles. The van der Waals surface area contributed by atoms with E-state index in [1.54, 1.807) is 6.07 Å². The Kier molecular flexibility index (Phi) is 3.74. The predicted octanol–water partition coefficient (Wildman–Crippen LogP) is 1.36. The van der Waals surface area contributed by atoms with Gasteiger partial charge in [-0.25, -0.2) is 9.97 Å². The molecular formula is C11H17ClN4. The molecule has 5 heteroatoms. The van der Waals surface area contributed by atoms with Gasteiger partial charge in [0.2, 0.25) is 0 Å². The largest absolute Gasteiger partial charge is 0.327 e. The predicted molar refractivity (Wildman–Crippen MR) is 64.3 cm³/mol. The molecule has 4 nitrogen and oxygen atoms in total. The minimum absolute atomic E-state index is 0.286. The monoisotopic (exact) mass is 240 g/mol. The maximum Gasteiger partial charge on any atom is 0.144 e. The fourth-order valence-corrected chi connectivity index (χ4v) is 2.35. The van der Waals surface area contributed by atoms with Crippen molar-refractivity contribution in [3.63, 3.8) is 0 Å². The van der Waals surface area contributed by atoms with Crippen molar-refractivity contribution >= 4 is 11.6 Å². The van der Waals surface area contributed by atoms with Crippen molar-refractivity contribution in [2.24, 2.45) is 5.73 Å². The van der Waals surface area contributed by atoms with Crippen molar-refractivity contribution in [3.8, 4) is 0 Å². The van der Waals surface area contributed by atoms with E-state index in [1.165, 1.54) is 0 Å². The molecule has 1 aliphatic heterocycles. The maximum absolute atomic E-state index is 5.93. The lowest BCUT2D eigenvalue weighted by molar-refractivity contribution is 0.197. The highest BCUT2D eigenvalue weighted by Crippen LogP contribution is 2.12. The Hall–Kier alpha value is -0.710. The molecule has 0 bridgehead atoms. The number of nitrogens with zero attached hydrogens (tertiary/aromatic N) is 3. The molecule has 1 aromatic rings. The van der Waals surface area contributed by atoms with Gasteiger partial charge in [-0.2, -0.15) is 0 Å². The summed E-state index contributed by atoms with van der Waals surface area (Å²) in [5.41, 5.74) is 6.84. The van der Waals surface area contributed by atoms with Crippen molar-refractivity contribution in [3.05, 3.63) is 22.7 Å². The van der Waals surface area contributed by atoms with Crippen LogP contribution >= 0.6 is 11.6 Å². The van der Waals surface area contributed by atoms with E-state index in [4.69, 9.17) is 17.3 Å².